The van der Waals surface area contributed by atoms with Crippen LogP contribution in [0.2, 0.25) is 0 Å². The standard InChI is InChI=1S/C20H23N5O4S/c21-24-22-11-4-2-1-3-5-12-30-15-8-6-7-13-17(15)20(29)25(19(13)28)14-9-10-16(26)23-18(14)27/h6-8,14H,1-5,9-12H2,(H,23,26,27). The number of fused-ring (bicyclic) bond motifs is 1. The Balaban J connectivity index is 1.58. The first kappa shape index (κ1) is 21.9. The highest BCUT2D eigenvalue weighted by Crippen LogP contribution is 2.34. The molecule has 0 aliphatic carbocycles. The molecule has 2 heterocycles. The summed E-state index contributed by atoms with van der Waals surface area (Å²) >= 11 is 1.53. The molecule has 2 aliphatic rings. The van der Waals surface area contributed by atoms with Gasteiger partial charge in [0.2, 0.25) is 11.8 Å². The van der Waals surface area contributed by atoms with Gasteiger partial charge in [-0.15, -0.1) is 11.8 Å². The fourth-order valence-corrected chi connectivity index (χ4v) is 4.73. The second-order valence-electron chi connectivity index (χ2n) is 7.20. The van der Waals surface area contributed by atoms with Crippen molar-refractivity contribution in [1.29, 1.82) is 0 Å². The van der Waals surface area contributed by atoms with Crippen LogP contribution in [-0.4, -0.2) is 46.9 Å². The van der Waals surface area contributed by atoms with Gasteiger partial charge in [0.25, 0.3) is 11.8 Å². The second-order valence-corrected chi connectivity index (χ2v) is 8.33. The van der Waals surface area contributed by atoms with Gasteiger partial charge in [-0.1, -0.05) is 30.4 Å². The zero-order valence-electron chi connectivity index (χ0n) is 16.5. The van der Waals surface area contributed by atoms with Crippen molar-refractivity contribution in [3.8, 4) is 0 Å². The lowest BCUT2D eigenvalue weighted by atomic mass is 10.0. The average molecular weight is 430 g/mol. The summed E-state index contributed by atoms with van der Waals surface area (Å²) in [4.78, 5) is 53.8. The maximum atomic E-state index is 13.0. The number of nitrogens with one attached hydrogen (secondary N) is 1. The first-order chi connectivity index (χ1) is 14.5. The van der Waals surface area contributed by atoms with E-state index in [0.29, 0.717) is 17.7 Å². The molecule has 10 heteroatoms. The van der Waals surface area contributed by atoms with Gasteiger partial charge in [0, 0.05) is 22.8 Å². The van der Waals surface area contributed by atoms with Gasteiger partial charge in [-0.2, -0.15) is 0 Å². The quantitative estimate of drug-likeness (QED) is 0.152. The summed E-state index contributed by atoms with van der Waals surface area (Å²) in [6.45, 7) is 0.529. The number of rotatable bonds is 10. The van der Waals surface area contributed by atoms with Gasteiger partial charge in [-0.3, -0.25) is 29.4 Å². The second kappa shape index (κ2) is 10.3. The Hall–Kier alpha value is -2.84. The lowest BCUT2D eigenvalue weighted by molar-refractivity contribution is -0.136. The third kappa shape index (κ3) is 4.83. The van der Waals surface area contributed by atoms with Crippen molar-refractivity contribution in [2.24, 2.45) is 5.11 Å². The molecule has 0 radical (unpaired) electrons. The zero-order valence-corrected chi connectivity index (χ0v) is 17.3. The van der Waals surface area contributed by atoms with E-state index in [4.69, 9.17) is 5.53 Å². The Labute approximate surface area is 178 Å². The maximum absolute atomic E-state index is 13.0. The molecule has 0 spiro atoms. The number of carbonyl (C=O) groups is 4. The molecule has 3 rings (SSSR count). The monoisotopic (exact) mass is 429 g/mol. The molecule has 1 saturated heterocycles. The molecular weight excluding hydrogens is 406 g/mol. The largest absolute Gasteiger partial charge is 0.295 e. The Morgan fingerprint density at radius 2 is 1.87 bits per heavy atom. The fourth-order valence-electron chi connectivity index (χ4n) is 3.65. The molecule has 4 amide bonds. The number of unbranched alkanes of at least 4 members (excludes halogenated alkanes) is 4. The van der Waals surface area contributed by atoms with E-state index in [1.165, 1.54) is 11.8 Å². The third-order valence-electron chi connectivity index (χ3n) is 5.15. The van der Waals surface area contributed by atoms with Crippen LogP contribution < -0.4 is 5.32 Å². The van der Waals surface area contributed by atoms with Gasteiger partial charge < -0.3 is 0 Å². The molecule has 0 saturated carbocycles. The van der Waals surface area contributed by atoms with Crippen LogP contribution in [0.4, 0.5) is 0 Å². The highest BCUT2D eigenvalue weighted by molar-refractivity contribution is 7.99. The molecule has 0 aromatic heterocycles. The van der Waals surface area contributed by atoms with Gasteiger partial charge in [-0.05, 0) is 42.7 Å². The number of hydrogen-bond donors (Lipinski definition) is 1. The summed E-state index contributed by atoms with van der Waals surface area (Å²) in [5, 5.41) is 5.72. The van der Waals surface area contributed by atoms with Gasteiger partial charge in [0.05, 0.1) is 11.1 Å². The number of thioether (sulfide) groups is 1. The molecule has 0 bridgehead atoms. The van der Waals surface area contributed by atoms with Crippen molar-refractivity contribution in [2.45, 2.75) is 55.9 Å². The SMILES string of the molecule is [N-]=[N+]=NCCCCCCCSc1cccc2c1C(=O)N(C1CCC(=O)NC1=O)C2=O. The number of hydrogen-bond acceptors (Lipinski definition) is 6. The van der Waals surface area contributed by atoms with Gasteiger partial charge in [0.1, 0.15) is 6.04 Å². The molecular formula is C20H23N5O4S. The zero-order chi connectivity index (χ0) is 21.5. The van der Waals surface area contributed by atoms with Crippen molar-refractivity contribution in [3.63, 3.8) is 0 Å². The van der Waals surface area contributed by atoms with Crippen LogP contribution in [0, 0.1) is 0 Å². The minimum atomic E-state index is -0.946. The number of benzene rings is 1. The molecule has 2 aliphatic heterocycles. The Kier molecular flexibility index (Phi) is 7.48. The Bertz CT molecular complexity index is 912. The first-order valence-corrected chi connectivity index (χ1v) is 11.0. The lowest BCUT2D eigenvalue weighted by Crippen LogP contribution is -2.54. The van der Waals surface area contributed by atoms with Crippen molar-refractivity contribution in [3.05, 3.63) is 39.8 Å². The normalized spacial score (nSPS) is 18.3. The summed E-state index contributed by atoms with van der Waals surface area (Å²) in [6, 6.07) is 4.23. The Morgan fingerprint density at radius 1 is 1.10 bits per heavy atom. The van der Waals surface area contributed by atoms with Crippen LogP contribution in [-0.2, 0) is 9.59 Å². The highest BCUT2D eigenvalue weighted by Gasteiger charge is 2.45. The molecule has 1 N–H and O–H groups in total. The number of azide groups is 1. The summed E-state index contributed by atoms with van der Waals surface area (Å²) in [5.74, 6) is -1.12. The summed E-state index contributed by atoms with van der Waals surface area (Å²) in [5.41, 5.74) is 8.90. The molecule has 1 aromatic rings. The van der Waals surface area contributed by atoms with Gasteiger partial charge >= 0.3 is 0 Å². The number of imide groups is 2. The third-order valence-corrected chi connectivity index (χ3v) is 6.30. The van der Waals surface area contributed by atoms with E-state index in [2.05, 4.69) is 15.3 Å². The predicted molar refractivity (Wildman–Crippen MR) is 111 cm³/mol. The summed E-state index contributed by atoms with van der Waals surface area (Å²) < 4.78 is 0. The van der Waals surface area contributed by atoms with E-state index in [0.717, 1.165) is 47.7 Å². The van der Waals surface area contributed by atoms with E-state index in [1.54, 1.807) is 12.1 Å². The van der Waals surface area contributed by atoms with Crippen molar-refractivity contribution in [1.82, 2.24) is 10.2 Å². The maximum Gasteiger partial charge on any atom is 0.263 e. The number of carbonyl (C=O) groups excluding carboxylic acids is 4. The molecule has 9 nitrogen and oxygen atoms in total. The van der Waals surface area contributed by atoms with E-state index < -0.39 is 23.8 Å². The minimum Gasteiger partial charge on any atom is -0.295 e. The fraction of sp³-hybridized carbons (Fsp3) is 0.500. The molecule has 1 aromatic carbocycles. The smallest absolute Gasteiger partial charge is 0.263 e. The van der Waals surface area contributed by atoms with E-state index in [-0.39, 0.29) is 18.7 Å². The number of amides is 4. The van der Waals surface area contributed by atoms with E-state index in [9.17, 15) is 19.2 Å². The predicted octanol–water partition coefficient (Wildman–Crippen LogP) is 3.44. The van der Waals surface area contributed by atoms with Crippen molar-refractivity contribution in [2.75, 3.05) is 12.3 Å². The lowest BCUT2D eigenvalue weighted by Gasteiger charge is -2.27. The number of nitrogens with zero attached hydrogens (tertiary/aromatic N) is 4. The van der Waals surface area contributed by atoms with Crippen LogP contribution in [0.5, 0.6) is 0 Å². The molecule has 30 heavy (non-hydrogen) atoms. The van der Waals surface area contributed by atoms with Gasteiger partial charge in [0.15, 0.2) is 0 Å². The molecule has 1 fully saturated rings. The van der Waals surface area contributed by atoms with Crippen molar-refractivity contribution < 1.29 is 19.2 Å². The van der Waals surface area contributed by atoms with Crippen LogP contribution >= 0.6 is 11.8 Å². The summed E-state index contributed by atoms with van der Waals surface area (Å²) in [6.07, 6.45) is 5.21. The first-order valence-electron chi connectivity index (χ1n) is 10.0. The van der Waals surface area contributed by atoms with Crippen LogP contribution in [0.3, 0.4) is 0 Å². The van der Waals surface area contributed by atoms with Crippen molar-refractivity contribution >= 4 is 35.4 Å². The highest BCUT2D eigenvalue weighted by atomic mass is 32.2. The van der Waals surface area contributed by atoms with E-state index >= 15 is 0 Å². The van der Waals surface area contributed by atoms with Crippen LogP contribution in [0.1, 0.15) is 65.7 Å². The summed E-state index contributed by atoms with van der Waals surface area (Å²) in [7, 11) is 0. The Morgan fingerprint density at radius 3 is 2.63 bits per heavy atom. The van der Waals surface area contributed by atoms with Crippen LogP contribution in [0.15, 0.2) is 28.2 Å². The van der Waals surface area contributed by atoms with Gasteiger partial charge in [-0.25, -0.2) is 0 Å². The topological polar surface area (TPSA) is 132 Å². The molecule has 1 atom stereocenters. The number of piperidine rings is 1. The average Bonchev–Trinajstić information content (AvgIpc) is 2.98. The van der Waals surface area contributed by atoms with E-state index in [1.807, 2.05) is 6.07 Å². The van der Waals surface area contributed by atoms with Crippen LogP contribution in [0.25, 0.3) is 10.4 Å². The molecule has 1 unspecified atom stereocenters. The minimum absolute atomic E-state index is 0.105. The molecule has 158 valence electrons.